The van der Waals surface area contributed by atoms with Crippen molar-refractivity contribution in [2.24, 2.45) is 0 Å². The predicted molar refractivity (Wildman–Crippen MR) is 311 cm³/mol. The third-order valence-electron chi connectivity index (χ3n) is 15.4. The standard InChI is InChI=1S/C72H44O/c1-3-19-45(20-4-1)53-33-18-38-66-71(53)65-37-17-36-64(72(65)73-66)70-62-31-13-11-29-60(62)69(61-30-12-14-32-63(61)70)50-40-42-52-48(44-50)24-16-35-55(52)54-34-15-23-47-43-49(39-41-51(47)54)68-58-27-9-7-25-56(58)67(46-21-5-2-6-22-46)57-26-8-10-28-59(57)68/h1-44H. The van der Waals surface area contributed by atoms with E-state index < -0.39 is 0 Å². The first-order valence-electron chi connectivity index (χ1n) is 25.2. The van der Waals surface area contributed by atoms with Crippen LogP contribution in [0.5, 0.6) is 0 Å². The van der Waals surface area contributed by atoms with Gasteiger partial charge in [0.25, 0.3) is 0 Å². The molecule has 1 nitrogen and oxygen atoms in total. The SMILES string of the molecule is c1ccc(-c2c3ccccc3c(-c3ccc4c(-c5cccc6cc(-c7c8ccccc8c(-c8cccc9c8oc8cccc(-c%10ccccc%10)c89)c8ccccc78)ccc56)cccc4c3)c3ccccc23)cc1. The number of para-hydroxylation sites is 1. The van der Waals surface area contributed by atoms with Gasteiger partial charge >= 0.3 is 0 Å². The summed E-state index contributed by atoms with van der Waals surface area (Å²) in [6.45, 7) is 0. The van der Waals surface area contributed by atoms with Gasteiger partial charge in [0.1, 0.15) is 11.2 Å². The van der Waals surface area contributed by atoms with Crippen molar-refractivity contribution in [1.29, 1.82) is 0 Å². The van der Waals surface area contributed by atoms with Gasteiger partial charge in [-0.2, -0.15) is 0 Å². The molecule has 1 heterocycles. The van der Waals surface area contributed by atoms with E-state index in [0.717, 1.165) is 27.5 Å². The van der Waals surface area contributed by atoms with Gasteiger partial charge in [-0.15, -0.1) is 0 Å². The summed E-state index contributed by atoms with van der Waals surface area (Å²) >= 11 is 0. The van der Waals surface area contributed by atoms with E-state index in [0.29, 0.717) is 0 Å². The summed E-state index contributed by atoms with van der Waals surface area (Å²) < 4.78 is 6.91. The molecule has 338 valence electrons. The normalized spacial score (nSPS) is 11.8. The zero-order valence-electron chi connectivity index (χ0n) is 39.8. The Balaban J connectivity index is 0.871. The zero-order valence-corrected chi connectivity index (χ0v) is 39.8. The van der Waals surface area contributed by atoms with Crippen molar-refractivity contribution in [3.05, 3.63) is 267 Å². The van der Waals surface area contributed by atoms with Crippen LogP contribution in [0.2, 0.25) is 0 Å². The van der Waals surface area contributed by atoms with Gasteiger partial charge in [0.15, 0.2) is 0 Å². The molecule has 14 aromatic carbocycles. The van der Waals surface area contributed by atoms with E-state index in [-0.39, 0.29) is 0 Å². The molecule has 0 amide bonds. The van der Waals surface area contributed by atoms with Gasteiger partial charge in [-0.25, -0.2) is 0 Å². The van der Waals surface area contributed by atoms with Crippen molar-refractivity contribution in [3.8, 4) is 66.8 Å². The lowest BCUT2D eigenvalue weighted by atomic mass is 9.84. The maximum atomic E-state index is 6.91. The summed E-state index contributed by atoms with van der Waals surface area (Å²) in [6.07, 6.45) is 0. The Hall–Kier alpha value is -9.56. The third-order valence-corrected chi connectivity index (χ3v) is 15.4. The maximum absolute atomic E-state index is 6.91. The van der Waals surface area contributed by atoms with Crippen molar-refractivity contribution in [2.75, 3.05) is 0 Å². The van der Waals surface area contributed by atoms with Crippen LogP contribution < -0.4 is 0 Å². The molecule has 15 aromatic rings. The van der Waals surface area contributed by atoms with Crippen LogP contribution in [0.3, 0.4) is 0 Å². The van der Waals surface area contributed by atoms with Gasteiger partial charge in [-0.05, 0) is 138 Å². The summed E-state index contributed by atoms with van der Waals surface area (Å²) in [7, 11) is 0. The van der Waals surface area contributed by atoms with Crippen molar-refractivity contribution in [2.45, 2.75) is 0 Å². The fourth-order valence-corrected chi connectivity index (χ4v) is 12.3. The number of hydrogen-bond acceptors (Lipinski definition) is 1. The van der Waals surface area contributed by atoms with Gasteiger partial charge in [-0.1, -0.05) is 249 Å². The number of rotatable bonds is 6. The fourth-order valence-electron chi connectivity index (χ4n) is 12.3. The first-order valence-corrected chi connectivity index (χ1v) is 25.2. The molecule has 0 atom stereocenters. The van der Waals surface area contributed by atoms with Gasteiger partial charge in [0.05, 0.1) is 0 Å². The average molecular weight is 925 g/mol. The molecule has 0 unspecified atom stereocenters. The second kappa shape index (κ2) is 16.5. The first-order chi connectivity index (χ1) is 36.2. The molecule has 73 heavy (non-hydrogen) atoms. The Morgan fingerprint density at radius 3 is 1.07 bits per heavy atom. The monoisotopic (exact) mass is 924 g/mol. The van der Waals surface area contributed by atoms with E-state index in [9.17, 15) is 0 Å². The van der Waals surface area contributed by atoms with E-state index in [1.54, 1.807) is 0 Å². The molecule has 1 aromatic heterocycles. The lowest BCUT2D eigenvalue weighted by Crippen LogP contribution is -1.92. The molecule has 0 aliphatic heterocycles. The molecule has 15 rings (SSSR count). The summed E-state index contributed by atoms with van der Waals surface area (Å²) in [5.74, 6) is 0. The van der Waals surface area contributed by atoms with Crippen molar-refractivity contribution in [3.63, 3.8) is 0 Å². The lowest BCUT2D eigenvalue weighted by molar-refractivity contribution is 0.670. The minimum absolute atomic E-state index is 0.894. The number of hydrogen-bond donors (Lipinski definition) is 0. The first kappa shape index (κ1) is 41.2. The van der Waals surface area contributed by atoms with Gasteiger partial charge in [0.2, 0.25) is 0 Å². The maximum Gasteiger partial charge on any atom is 0.143 e. The molecule has 0 spiro atoms. The Bertz CT molecular complexity index is 4600. The largest absolute Gasteiger partial charge is 0.455 e. The minimum Gasteiger partial charge on any atom is -0.455 e. The number of fused-ring (bicyclic) bond motifs is 9. The highest BCUT2D eigenvalue weighted by atomic mass is 16.3. The number of furan rings is 1. The summed E-state index contributed by atoms with van der Waals surface area (Å²) in [4.78, 5) is 0. The fraction of sp³-hybridized carbons (Fsp3) is 0. The molecule has 0 aliphatic rings. The summed E-state index contributed by atoms with van der Waals surface area (Å²) in [5.41, 5.74) is 16.3. The van der Waals surface area contributed by atoms with Crippen molar-refractivity contribution < 1.29 is 4.42 Å². The highest BCUT2D eigenvalue weighted by Gasteiger charge is 2.23. The Labute approximate surface area is 422 Å². The predicted octanol–water partition coefficient (Wildman–Crippen LogP) is 20.5. The molecule has 1 heteroatoms. The summed E-state index contributed by atoms with van der Waals surface area (Å²) in [6, 6.07) is 97.9. The van der Waals surface area contributed by atoms with E-state index in [1.165, 1.54) is 126 Å². The average Bonchev–Trinajstić information content (AvgIpc) is 3.86. The van der Waals surface area contributed by atoms with Crippen LogP contribution in [0.1, 0.15) is 0 Å². The van der Waals surface area contributed by atoms with Crippen LogP contribution in [0, 0.1) is 0 Å². The molecule has 0 fully saturated rings. The quantitative estimate of drug-likeness (QED) is 0.151. The lowest BCUT2D eigenvalue weighted by Gasteiger charge is -2.19. The van der Waals surface area contributed by atoms with Crippen LogP contribution in [0.4, 0.5) is 0 Å². The molecule has 0 aliphatic carbocycles. The van der Waals surface area contributed by atoms with Crippen LogP contribution in [0.15, 0.2) is 271 Å². The molecule has 0 saturated heterocycles. The Morgan fingerprint density at radius 2 is 0.575 bits per heavy atom. The topological polar surface area (TPSA) is 13.1 Å². The summed E-state index contributed by atoms with van der Waals surface area (Å²) in [5, 5.41) is 17.0. The zero-order chi connectivity index (χ0) is 48.0. The Kier molecular flexibility index (Phi) is 9.33. The van der Waals surface area contributed by atoms with Crippen LogP contribution >= 0.6 is 0 Å². The van der Waals surface area contributed by atoms with Crippen LogP contribution in [-0.2, 0) is 0 Å². The van der Waals surface area contributed by atoms with Crippen LogP contribution in [-0.4, -0.2) is 0 Å². The smallest absolute Gasteiger partial charge is 0.143 e. The van der Waals surface area contributed by atoms with Gasteiger partial charge in [-0.3, -0.25) is 0 Å². The second-order valence-corrected chi connectivity index (χ2v) is 19.4. The third kappa shape index (κ3) is 6.42. The highest BCUT2D eigenvalue weighted by Crippen LogP contribution is 2.49. The number of benzene rings is 14. The van der Waals surface area contributed by atoms with E-state index in [2.05, 4.69) is 267 Å². The van der Waals surface area contributed by atoms with E-state index in [1.807, 2.05) is 0 Å². The highest BCUT2D eigenvalue weighted by molar-refractivity contribution is 6.26. The van der Waals surface area contributed by atoms with Gasteiger partial charge in [0, 0.05) is 21.9 Å². The van der Waals surface area contributed by atoms with Gasteiger partial charge < -0.3 is 4.42 Å². The second-order valence-electron chi connectivity index (χ2n) is 19.4. The van der Waals surface area contributed by atoms with Crippen LogP contribution in [0.25, 0.3) is 153 Å². The molecule has 0 bridgehead atoms. The minimum atomic E-state index is 0.894. The molecule has 0 radical (unpaired) electrons. The molecular formula is C72H44O. The molecule has 0 saturated carbocycles. The van der Waals surface area contributed by atoms with E-state index in [4.69, 9.17) is 4.42 Å². The van der Waals surface area contributed by atoms with Crippen molar-refractivity contribution in [1.82, 2.24) is 0 Å². The van der Waals surface area contributed by atoms with E-state index >= 15 is 0 Å². The van der Waals surface area contributed by atoms with Crippen molar-refractivity contribution >= 4 is 86.6 Å². The molecular weight excluding hydrogens is 881 g/mol. The Morgan fingerprint density at radius 1 is 0.205 bits per heavy atom. The molecule has 0 N–H and O–H groups in total.